The molecule has 1 aliphatic rings. The lowest BCUT2D eigenvalue weighted by Crippen LogP contribution is -2.24. The van der Waals surface area contributed by atoms with Crippen molar-refractivity contribution >= 4 is 7.60 Å². The molecule has 0 fully saturated rings. The summed E-state index contributed by atoms with van der Waals surface area (Å²) >= 11 is 0. The second-order valence-corrected chi connectivity index (χ2v) is 6.96. The zero-order valence-corrected chi connectivity index (χ0v) is 14.2. The smallest absolute Gasteiger partial charge is 0.351 e. The fourth-order valence-corrected chi connectivity index (χ4v) is 4.29. The Morgan fingerprint density at radius 1 is 1.18 bits per heavy atom. The van der Waals surface area contributed by atoms with E-state index in [1.54, 1.807) is 0 Å². The topological polar surface area (TPSA) is 66.0 Å². The Bertz CT molecular complexity index is 527. The molecule has 0 aliphatic carbocycles. The van der Waals surface area contributed by atoms with Gasteiger partial charge in [0.15, 0.2) is 11.5 Å². The summed E-state index contributed by atoms with van der Waals surface area (Å²) in [5.74, 6) is 0.822. The SMILES string of the molecule is CCCNC(c1ccc2c(c1)OCO2)P(=O)(OCC)OCC. The average molecular weight is 329 g/mol. The summed E-state index contributed by atoms with van der Waals surface area (Å²) in [6, 6.07) is 5.52. The van der Waals surface area contributed by atoms with Crippen LogP contribution in [0.1, 0.15) is 38.5 Å². The van der Waals surface area contributed by atoms with E-state index < -0.39 is 13.4 Å². The number of rotatable bonds is 9. The molecule has 0 amide bonds. The van der Waals surface area contributed by atoms with Crippen molar-refractivity contribution < 1.29 is 23.1 Å². The van der Waals surface area contributed by atoms with Crippen LogP contribution < -0.4 is 14.8 Å². The minimum atomic E-state index is -3.31. The monoisotopic (exact) mass is 329 g/mol. The van der Waals surface area contributed by atoms with Crippen molar-refractivity contribution in [3.05, 3.63) is 23.8 Å². The highest BCUT2D eigenvalue weighted by Gasteiger charge is 2.37. The quantitative estimate of drug-likeness (QED) is 0.697. The summed E-state index contributed by atoms with van der Waals surface area (Å²) in [7, 11) is -3.31. The Morgan fingerprint density at radius 3 is 2.50 bits per heavy atom. The second-order valence-electron chi connectivity index (χ2n) is 4.84. The largest absolute Gasteiger partial charge is 0.454 e. The summed E-state index contributed by atoms with van der Waals surface area (Å²) in [6.45, 7) is 7.24. The van der Waals surface area contributed by atoms with Crippen LogP contribution in [0, 0.1) is 0 Å². The predicted molar refractivity (Wildman–Crippen MR) is 84.5 cm³/mol. The minimum Gasteiger partial charge on any atom is -0.454 e. The molecule has 0 spiro atoms. The molecular weight excluding hydrogens is 305 g/mol. The van der Waals surface area contributed by atoms with Gasteiger partial charge in [0.2, 0.25) is 6.79 Å². The van der Waals surface area contributed by atoms with Crippen molar-refractivity contribution in [1.29, 1.82) is 0 Å². The Hall–Kier alpha value is -1.07. The van der Waals surface area contributed by atoms with Gasteiger partial charge in [-0.2, -0.15) is 0 Å². The molecule has 1 aromatic rings. The summed E-state index contributed by atoms with van der Waals surface area (Å²) < 4.78 is 34.9. The molecule has 1 aliphatic heterocycles. The average Bonchev–Trinajstić information content (AvgIpc) is 2.95. The third-order valence-corrected chi connectivity index (χ3v) is 5.58. The number of benzene rings is 1. The van der Waals surface area contributed by atoms with Gasteiger partial charge in [-0.05, 0) is 44.5 Å². The fourth-order valence-electron chi connectivity index (χ4n) is 2.32. The standard InChI is InChI=1S/C15H24NO5P/c1-4-9-16-15(22(17,20-5-2)21-6-3)12-7-8-13-14(10-12)19-11-18-13/h7-8,10,15-16H,4-6,9,11H2,1-3H3. The molecule has 124 valence electrons. The zero-order chi connectivity index (χ0) is 16.0. The lowest BCUT2D eigenvalue weighted by atomic mass is 10.2. The summed E-state index contributed by atoms with van der Waals surface area (Å²) in [5.41, 5.74) is 0.808. The van der Waals surface area contributed by atoms with Crippen molar-refractivity contribution in [1.82, 2.24) is 5.32 Å². The van der Waals surface area contributed by atoms with Crippen LogP contribution in [0.2, 0.25) is 0 Å². The second kappa shape index (κ2) is 7.97. The van der Waals surface area contributed by atoms with E-state index in [9.17, 15) is 4.57 Å². The molecule has 0 radical (unpaired) electrons. The Labute approximate surface area is 131 Å². The molecule has 1 unspecified atom stereocenters. The maximum atomic E-state index is 13.1. The van der Waals surface area contributed by atoms with Gasteiger partial charge in [-0.25, -0.2) is 0 Å². The molecule has 1 atom stereocenters. The normalized spacial score (nSPS) is 15.0. The Kier molecular flexibility index (Phi) is 6.26. The number of nitrogens with one attached hydrogen (secondary N) is 1. The summed E-state index contributed by atoms with van der Waals surface area (Å²) in [4.78, 5) is 0. The molecular formula is C15H24NO5P. The van der Waals surface area contributed by atoms with Gasteiger partial charge in [0.05, 0.1) is 13.2 Å². The molecule has 6 nitrogen and oxygen atoms in total. The van der Waals surface area contributed by atoms with Crippen LogP contribution in [0.25, 0.3) is 0 Å². The predicted octanol–water partition coefficient (Wildman–Crippen LogP) is 3.68. The molecule has 0 saturated heterocycles. The number of fused-ring (bicyclic) bond motifs is 1. The lowest BCUT2D eigenvalue weighted by molar-refractivity contribution is 0.174. The molecule has 1 heterocycles. The van der Waals surface area contributed by atoms with Gasteiger partial charge in [0.25, 0.3) is 0 Å². The first-order valence-corrected chi connectivity index (χ1v) is 9.27. The van der Waals surface area contributed by atoms with Gasteiger partial charge in [0, 0.05) is 0 Å². The molecule has 2 rings (SSSR count). The molecule has 22 heavy (non-hydrogen) atoms. The molecule has 0 saturated carbocycles. The summed E-state index contributed by atoms with van der Waals surface area (Å²) in [6.07, 6.45) is 0.916. The zero-order valence-electron chi connectivity index (χ0n) is 13.3. The van der Waals surface area contributed by atoms with Crippen LogP contribution in [-0.2, 0) is 13.6 Å². The first kappa shape index (κ1) is 17.3. The van der Waals surface area contributed by atoms with E-state index in [0.29, 0.717) is 31.3 Å². The minimum absolute atomic E-state index is 0.209. The molecule has 0 bridgehead atoms. The third kappa shape index (κ3) is 3.82. The molecule has 0 aromatic heterocycles. The van der Waals surface area contributed by atoms with Gasteiger partial charge in [-0.1, -0.05) is 13.0 Å². The van der Waals surface area contributed by atoms with Crippen molar-refractivity contribution in [2.24, 2.45) is 0 Å². The van der Waals surface area contributed by atoms with Gasteiger partial charge in [-0.15, -0.1) is 0 Å². The van der Waals surface area contributed by atoms with E-state index >= 15 is 0 Å². The number of hydrogen-bond donors (Lipinski definition) is 1. The van der Waals surface area contributed by atoms with Crippen LogP contribution in [0.5, 0.6) is 11.5 Å². The van der Waals surface area contributed by atoms with Gasteiger partial charge < -0.3 is 18.5 Å². The number of hydrogen-bond acceptors (Lipinski definition) is 6. The van der Waals surface area contributed by atoms with Crippen LogP contribution in [-0.4, -0.2) is 26.6 Å². The van der Waals surface area contributed by atoms with E-state index in [0.717, 1.165) is 12.0 Å². The van der Waals surface area contributed by atoms with Crippen LogP contribution in [0.15, 0.2) is 18.2 Å². The Morgan fingerprint density at radius 2 is 1.86 bits per heavy atom. The van der Waals surface area contributed by atoms with E-state index in [1.807, 2.05) is 32.0 Å². The van der Waals surface area contributed by atoms with E-state index in [-0.39, 0.29) is 6.79 Å². The fraction of sp³-hybridized carbons (Fsp3) is 0.600. The van der Waals surface area contributed by atoms with E-state index in [4.69, 9.17) is 18.5 Å². The first-order valence-electron chi connectivity index (χ1n) is 7.66. The highest BCUT2D eigenvalue weighted by molar-refractivity contribution is 7.54. The van der Waals surface area contributed by atoms with Crippen LogP contribution in [0.3, 0.4) is 0 Å². The maximum Gasteiger partial charge on any atom is 0.351 e. The number of ether oxygens (including phenoxy) is 2. The van der Waals surface area contributed by atoms with Crippen LogP contribution in [0.4, 0.5) is 0 Å². The molecule has 7 heteroatoms. The lowest BCUT2D eigenvalue weighted by Gasteiger charge is -2.27. The molecule has 1 N–H and O–H groups in total. The highest BCUT2D eigenvalue weighted by atomic mass is 31.2. The van der Waals surface area contributed by atoms with Gasteiger partial charge >= 0.3 is 7.60 Å². The van der Waals surface area contributed by atoms with Crippen molar-refractivity contribution in [3.8, 4) is 11.5 Å². The maximum absolute atomic E-state index is 13.1. The van der Waals surface area contributed by atoms with Gasteiger partial charge in [0.1, 0.15) is 5.78 Å². The molecule has 1 aromatic carbocycles. The first-order chi connectivity index (χ1) is 10.6. The Balaban J connectivity index is 2.33. The van der Waals surface area contributed by atoms with Crippen LogP contribution >= 0.6 is 7.60 Å². The van der Waals surface area contributed by atoms with Crippen molar-refractivity contribution in [3.63, 3.8) is 0 Å². The summed E-state index contributed by atoms with van der Waals surface area (Å²) in [5, 5.41) is 3.28. The third-order valence-electron chi connectivity index (χ3n) is 3.23. The van der Waals surface area contributed by atoms with Gasteiger partial charge in [-0.3, -0.25) is 9.88 Å². The van der Waals surface area contributed by atoms with E-state index in [1.165, 1.54) is 0 Å². The highest BCUT2D eigenvalue weighted by Crippen LogP contribution is 2.60. The van der Waals surface area contributed by atoms with Crippen molar-refractivity contribution in [2.75, 3.05) is 26.6 Å². The van der Waals surface area contributed by atoms with Crippen molar-refractivity contribution in [2.45, 2.75) is 33.0 Å². The van der Waals surface area contributed by atoms with E-state index in [2.05, 4.69) is 12.2 Å².